The van der Waals surface area contributed by atoms with E-state index in [9.17, 15) is 31.9 Å². The van der Waals surface area contributed by atoms with Gasteiger partial charge in [-0.05, 0) is 12.8 Å². The number of benzene rings is 1. The molecule has 3 nitrogen and oxygen atoms in total. The number of halogens is 5. The highest BCUT2D eigenvalue weighted by atomic mass is 19.2. The van der Waals surface area contributed by atoms with Crippen molar-refractivity contribution in [3.05, 3.63) is 34.6 Å². The van der Waals surface area contributed by atoms with E-state index in [-0.39, 0.29) is 6.42 Å². The van der Waals surface area contributed by atoms with Crippen LogP contribution in [0.5, 0.6) is 0 Å². The lowest BCUT2D eigenvalue weighted by molar-refractivity contribution is -0.187. The molecule has 1 fully saturated rings. The molecule has 0 aromatic heterocycles. The first-order valence-corrected chi connectivity index (χ1v) is 11.2. The number of aliphatic hydroxyl groups is 1. The van der Waals surface area contributed by atoms with E-state index in [1.807, 2.05) is 0 Å². The Morgan fingerprint density at radius 2 is 1.29 bits per heavy atom. The molecular weight excluding hydrogens is 419 g/mol. The van der Waals surface area contributed by atoms with Crippen LogP contribution in [0.1, 0.15) is 83.1 Å². The largest absolute Gasteiger partial charge is 0.461 e. The predicted molar refractivity (Wildman–Crippen MR) is 106 cm³/mol. The van der Waals surface area contributed by atoms with Crippen molar-refractivity contribution in [3.8, 4) is 0 Å². The smallest absolute Gasteiger partial charge is 0.313 e. The van der Waals surface area contributed by atoms with E-state index in [1.54, 1.807) is 0 Å². The SMILES string of the molecule is CCCCCCCCCCC[C@@H](O)C[C@@H]1OC(=O)[C@H]1Cc1c(F)c(F)c(F)c(F)c1F. The van der Waals surface area contributed by atoms with Crippen molar-refractivity contribution >= 4 is 5.97 Å². The van der Waals surface area contributed by atoms with Gasteiger partial charge < -0.3 is 9.84 Å². The van der Waals surface area contributed by atoms with Crippen molar-refractivity contribution in [1.82, 2.24) is 0 Å². The molecule has 1 aromatic carbocycles. The Bertz CT molecular complexity index is 711. The molecule has 0 aliphatic carbocycles. The van der Waals surface area contributed by atoms with Gasteiger partial charge in [0.2, 0.25) is 5.82 Å². The summed E-state index contributed by atoms with van der Waals surface area (Å²) in [5, 5.41) is 10.2. The fourth-order valence-corrected chi connectivity index (χ4v) is 3.95. The van der Waals surface area contributed by atoms with Gasteiger partial charge in [-0.2, -0.15) is 0 Å². The van der Waals surface area contributed by atoms with Crippen LogP contribution in [0.15, 0.2) is 0 Å². The fraction of sp³-hybridized carbons (Fsp3) is 0.696. The number of esters is 1. The zero-order chi connectivity index (χ0) is 23.0. The molecule has 1 saturated heterocycles. The molecule has 31 heavy (non-hydrogen) atoms. The van der Waals surface area contributed by atoms with E-state index in [1.165, 1.54) is 32.1 Å². The number of cyclic esters (lactones) is 1. The zero-order valence-corrected chi connectivity index (χ0v) is 17.9. The number of carbonyl (C=O) groups is 1. The van der Waals surface area contributed by atoms with E-state index < -0.39 is 65.2 Å². The van der Waals surface area contributed by atoms with E-state index in [4.69, 9.17) is 4.74 Å². The summed E-state index contributed by atoms with van der Waals surface area (Å²) in [5.41, 5.74) is -1.03. The number of hydrogen-bond acceptors (Lipinski definition) is 3. The second-order valence-corrected chi connectivity index (χ2v) is 8.34. The number of hydrogen-bond donors (Lipinski definition) is 1. The van der Waals surface area contributed by atoms with Crippen molar-refractivity contribution in [2.75, 3.05) is 0 Å². The second-order valence-electron chi connectivity index (χ2n) is 8.34. The third kappa shape index (κ3) is 6.89. The van der Waals surface area contributed by atoms with Gasteiger partial charge in [0, 0.05) is 12.0 Å². The summed E-state index contributed by atoms with van der Waals surface area (Å²) in [6, 6.07) is 0. The van der Waals surface area contributed by atoms with Crippen LogP contribution >= 0.6 is 0 Å². The van der Waals surface area contributed by atoms with Crippen LogP contribution in [0.4, 0.5) is 22.0 Å². The summed E-state index contributed by atoms with van der Waals surface area (Å²) in [6.45, 7) is 2.18. The molecule has 8 heteroatoms. The lowest BCUT2D eigenvalue weighted by Gasteiger charge is -2.36. The summed E-state index contributed by atoms with van der Waals surface area (Å²) in [4.78, 5) is 11.7. The number of aliphatic hydroxyl groups excluding tert-OH is 1. The number of carbonyl (C=O) groups excluding carboxylic acids is 1. The molecule has 1 N–H and O–H groups in total. The van der Waals surface area contributed by atoms with E-state index in [0.717, 1.165) is 25.7 Å². The first-order valence-electron chi connectivity index (χ1n) is 11.2. The van der Waals surface area contributed by atoms with E-state index >= 15 is 0 Å². The summed E-state index contributed by atoms with van der Waals surface area (Å²) in [7, 11) is 0. The Balaban J connectivity index is 1.76. The summed E-state index contributed by atoms with van der Waals surface area (Å²) in [5.74, 6) is -12.0. The molecule has 0 bridgehead atoms. The highest BCUT2D eigenvalue weighted by Crippen LogP contribution is 2.33. The molecule has 0 spiro atoms. The normalized spacial score (nSPS) is 19.3. The Labute approximate surface area is 180 Å². The quantitative estimate of drug-likeness (QED) is 0.122. The summed E-state index contributed by atoms with van der Waals surface area (Å²) < 4.78 is 72.6. The average molecular weight is 450 g/mol. The van der Waals surface area contributed by atoms with Crippen LogP contribution in [0, 0.1) is 35.0 Å². The maximum Gasteiger partial charge on any atom is 0.313 e. The van der Waals surface area contributed by atoms with Crippen LogP contribution in [0.2, 0.25) is 0 Å². The topological polar surface area (TPSA) is 46.5 Å². The average Bonchev–Trinajstić information content (AvgIpc) is 2.74. The molecule has 1 aromatic rings. The number of rotatable bonds is 14. The van der Waals surface area contributed by atoms with Gasteiger partial charge >= 0.3 is 5.97 Å². The van der Waals surface area contributed by atoms with Crippen LogP contribution < -0.4 is 0 Å². The minimum atomic E-state index is -2.23. The van der Waals surface area contributed by atoms with Gasteiger partial charge in [0.15, 0.2) is 23.3 Å². The van der Waals surface area contributed by atoms with Gasteiger partial charge in [0.05, 0.1) is 12.0 Å². The molecule has 3 atom stereocenters. The van der Waals surface area contributed by atoms with E-state index in [2.05, 4.69) is 6.92 Å². The molecule has 1 aliphatic rings. The monoisotopic (exact) mass is 450 g/mol. The van der Waals surface area contributed by atoms with Crippen LogP contribution in [0.25, 0.3) is 0 Å². The van der Waals surface area contributed by atoms with Gasteiger partial charge in [-0.3, -0.25) is 4.79 Å². The first kappa shape index (κ1) is 25.6. The lowest BCUT2D eigenvalue weighted by atomic mass is 9.85. The van der Waals surface area contributed by atoms with Gasteiger partial charge in [-0.1, -0.05) is 64.7 Å². The van der Waals surface area contributed by atoms with E-state index in [0.29, 0.717) is 6.42 Å². The predicted octanol–water partition coefficient (Wildman–Crippen LogP) is 6.14. The van der Waals surface area contributed by atoms with Gasteiger partial charge in [0.25, 0.3) is 0 Å². The molecule has 176 valence electrons. The maximum absolute atomic E-state index is 13.9. The molecular formula is C23H31F5O3. The highest BCUT2D eigenvalue weighted by molar-refractivity contribution is 5.79. The minimum absolute atomic E-state index is 0.0722. The Hall–Kier alpha value is -1.70. The fourth-order valence-electron chi connectivity index (χ4n) is 3.95. The molecule has 0 unspecified atom stereocenters. The zero-order valence-electron chi connectivity index (χ0n) is 17.9. The van der Waals surface area contributed by atoms with Crippen molar-refractivity contribution in [2.45, 2.75) is 96.2 Å². The number of ether oxygens (including phenoxy) is 1. The third-order valence-corrected chi connectivity index (χ3v) is 5.89. The Morgan fingerprint density at radius 1 is 0.806 bits per heavy atom. The molecule has 2 rings (SSSR count). The first-order chi connectivity index (χ1) is 14.8. The Kier molecular flexibility index (Phi) is 10.2. The lowest BCUT2D eigenvalue weighted by Crippen LogP contribution is -2.48. The third-order valence-electron chi connectivity index (χ3n) is 5.89. The molecule has 0 radical (unpaired) electrons. The van der Waals surface area contributed by atoms with Crippen molar-refractivity contribution in [2.24, 2.45) is 5.92 Å². The van der Waals surface area contributed by atoms with Gasteiger partial charge in [-0.25, -0.2) is 22.0 Å². The summed E-state index contributed by atoms with van der Waals surface area (Å²) >= 11 is 0. The number of unbranched alkanes of at least 4 members (excludes halogenated alkanes) is 8. The van der Waals surface area contributed by atoms with Crippen molar-refractivity contribution in [3.63, 3.8) is 0 Å². The van der Waals surface area contributed by atoms with Crippen LogP contribution in [-0.2, 0) is 16.0 Å². The molecule has 0 amide bonds. The van der Waals surface area contributed by atoms with Gasteiger partial charge in [-0.15, -0.1) is 0 Å². The maximum atomic E-state index is 13.9. The summed E-state index contributed by atoms with van der Waals surface area (Å²) in [6.07, 6.45) is 8.56. The Morgan fingerprint density at radius 3 is 1.81 bits per heavy atom. The minimum Gasteiger partial charge on any atom is -0.461 e. The molecule has 1 heterocycles. The second kappa shape index (κ2) is 12.4. The van der Waals surface area contributed by atoms with Crippen LogP contribution in [-0.4, -0.2) is 23.3 Å². The van der Waals surface area contributed by atoms with Crippen molar-refractivity contribution < 1.29 is 36.6 Å². The highest BCUT2D eigenvalue weighted by Gasteiger charge is 2.44. The van der Waals surface area contributed by atoms with Gasteiger partial charge in [0.1, 0.15) is 6.10 Å². The molecule has 0 saturated carbocycles. The standard InChI is InChI=1S/C23H31F5O3/c1-2-3-4-5-6-7-8-9-10-11-14(29)12-17-15(23(30)31-17)13-16-18(24)20(26)22(28)21(27)19(16)25/h14-15,17,29H,2-13H2,1H3/t14-,15+,17+/m1/s1. The van der Waals surface area contributed by atoms with Crippen molar-refractivity contribution in [1.29, 1.82) is 0 Å². The molecule has 1 aliphatic heterocycles. The van der Waals surface area contributed by atoms with Crippen LogP contribution in [0.3, 0.4) is 0 Å².